The number of hydrogen-bond donors (Lipinski definition) is 1. The van der Waals surface area contributed by atoms with Crippen molar-refractivity contribution in [1.82, 2.24) is 10.2 Å². The second kappa shape index (κ2) is 8.63. The zero-order chi connectivity index (χ0) is 15.1. The number of rotatable bonds is 9. The molecular formula is C16H32N2O2. The van der Waals surface area contributed by atoms with Crippen LogP contribution < -0.4 is 5.32 Å². The predicted molar refractivity (Wildman–Crippen MR) is 82.4 cm³/mol. The molecule has 1 aliphatic heterocycles. The summed E-state index contributed by atoms with van der Waals surface area (Å²) in [6.07, 6.45) is 4.43. The van der Waals surface area contributed by atoms with Gasteiger partial charge in [-0.2, -0.15) is 0 Å². The number of nitrogens with zero attached hydrogens (tertiary/aromatic N) is 1. The van der Waals surface area contributed by atoms with Gasteiger partial charge >= 0.3 is 0 Å². The molecule has 3 unspecified atom stereocenters. The highest BCUT2D eigenvalue weighted by atomic mass is 16.5. The quantitative estimate of drug-likeness (QED) is 0.707. The Hall–Kier alpha value is -0.610. The summed E-state index contributed by atoms with van der Waals surface area (Å²) in [5.74, 6) is 1.25. The first-order valence-electron chi connectivity index (χ1n) is 8.05. The largest absolute Gasteiger partial charge is 0.384 e. The van der Waals surface area contributed by atoms with Gasteiger partial charge in [-0.1, -0.05) is 40.5 Å². The number of methoxy groups -OCH3 is 1. The molecule has 1 amide bonds. The van der Waals surface area contributed by atoms with E-state index in [1.165, 1.54) is 0 Å². The monoisotopic (exact) mass is 284 g/mol. The number of carbonyl (C=O) groups excluding carboxylic acids is 1. The summed E-state index contributed by atoms with van der Waals surface area (Å²) in [6, 6.07) is 0.0217. The molecular weight excluding hydrogens is 252 g/mol. The molecule has 4 nitrogen and oxygen atoms in total. The lowest BCUT2D eigenvalue weighted by atomic mass is 10.1. The van der Waals surface area contributed by atoms with Crippen LogP contribution in [0.1, 0.15) is 53.4 Å². The summed E-state index contributed by atoms with van der Waals surface area (Å²) in [5.41, 5.74) is 0. The van der Waals surface area contributed by atoms with E-state index in [-0.39, 0.29) is 18.1 Å². The normalized spacial score (nSPS) is 24.7. The van der Waals surface area contributed by atoms with Crippen molar-refractivity contribution >= 4 is 5.91 Å². The molecule has 4 heteroatoms. The van der Waals surface area contributed by atoms with Crippen molar-refractivity contribution in [3.05, 3.63) is 0 Å². The molecule has 0 radical (unpaired) electrons. The second-order valence-electron chi connectivity index (χ2n) is 6.56. The van der Waals surface area contributed by atoms with E-state index < -0.39 is 0 Å². The Morgan fingerprint density at radius 2 is 2.05 bits per heavy atom. The van der Waals surface area contributed by atoms with E-state index in [4.69, 9.17) is 4.74 Å². The molecule has 0 aromatic heterocycles. The van der Waals surface area contributed by atoms with Crippen molar-refractivity contribution in [3.63, 3.8) is 0 Å². The molecule has 1 aliphatic rings. The lowest BCUT2D eigenvalue weighted by Gasteiger charge is -2.28. The Labute approximate surface area is 124 Å². The van der Waals surface area contributed by atoms with Crippen molar-refractivity contribution < 1.29 is 9.53 Å². The molecule has 20 heavy (non-hydrogen) atoms. The van der Waals surface area contributed by atoms with E-state index in [9.17, 15) is 4.79 Å². The topological polar surface area (TPSA) is 41.6 Å². The minimum atomic E-state index is 0.0217. The van der Waals surface area contributed by atoms with Gasteiger partial charge in [0.15, 0.2) is 0 Å². The van der Waals surface area contributed by atoms with Crippen LogP contribution in [0.4, 0.5) is 0 Å². The maximum Gasteiger partial charge on any atom is 0.241 e. The van der Waals surface area contributed by atoms with Crippen LogP contribution in [0.2, 0.25) is 0 Å². The van der Waals surface area contributed by atoms with Gasteiger partial charge in [0, 0.05) is 13.7 Å². The minimum absolute atomic E-state index is 0.0217. The molecule has 118 valence electrons. The molecule has 0 aromatic carbocycles. The van der Waals surface area contributed by atoms with E-state index >= 15 is 0 Å². The summed E-state index contributed by atoms with van der Waals surface area (Å²) >= 11 is 0. The van der Waals surface area contributed by atoms with E-state index in [0.717, 1.165) is 32.2 Å². The first-order valence-corrected chi connectivity index (χ1v) is 8.05. The van der Waals surface area contributed by atoms with Crippen LogP contribution >= 0.6 is 0 Å². The number of nitrogens with one attached hydrogen (secondary N) is 1. The molecule has 1 saturated heterocycles. The zero-order valence-electron chi connectivity index (χ0n) is 13.8. The first-order chi connectivity index (χ1) is 9.49. The van der Waals surface area contributed by atoms with Gasteiger partial charge in [-0.25, -0.2) is 0 Å². The molecule has 0 bridgehead atoms. The zero-order valence-corrected chi connectivity index (χ0v) is 13.8. The number of amides is 1. The Kier molecular flexibility index (Phi) is 7.52. The third kappa shape index (κ3) is 5.06. The summed E-state index contributed by atoms with van der Waals surface area (Å²) in [7, 11) is 1.72. The fraction of sp³-hybridized carbons (Fsp3) is 0.938. The summed E-state index contributed by atoms with van der Waals surface area (Å²) < 4.78 is 5.20. The van der Waals surface area contributed by atoms with Crippen molar-refractivity contribution in [2.24, 2.45) is 11.8 Å². The van der Waals surface area contributed by atoms with Crippen LogP contribution in [0.25, 0.3) is 0 Å². The van der Waals surface area contributed by atoms with E-state index in [1.54, 1.807) is 7.11 Å². The first kappa shape index (κ1) is 17.4. The molecule has 1 N–H and O–H groups in total. The molecule has 0 spiro atoms. The summed E-state index contributed by atoms with van der Waals surface area (Å²) in [6.45, 7) is 10.2. The van der Waals surface area contributed by atoms with Gasteiger partial charge in [0.2, 0.25) is 5.91 Å². The summed E-state index contributed by atoms with van der Waals surface area (Å²) in [4.78, 5) is 14.6. The van der Waals surface area contributed by atoms with Gasteiger partial charge in [0.05, 0.1) is 18.8 Å². The van der Waals surface area contributed by atoms with Gasteiger partial charge in [-0.05, 0) is 24.7 Å². The maximum absolute atomic E-state index is 12.6. The molecule has 1 heterocycles. The van der Waals surface area contributed by atoms with Crippen LogP contribution in [-0.2, 0) is 9.53 Å². The standard InChI is InChI=1S/C16H32N2O2/c1-6-7-8-14-16(19)18(10-13(4)11-20-5)15(17-14)9-12(2)3/h12-15,17H,6-11H2,1-5H3. The fourth-order valence-electron chi connectivity index (χ4n) is 2.89. The highest BCUT2D eigenvalue weighted by molar-refractivity contribution is 5.84. The number of ether oxygens (including phenoxy) is 1. The predicted octanol–water partition coefficient (Wildman–Crippen LogP) is 2.63. The minimum Gasteiger partial charge on any atom is -0.384 e. The smallest absolute Gasteiger partial charge is 0.241 e. The molecule has 0 aromatic rings. The fourth-order valence-corrected chi connectivity index (χ4v) is 2.89. The third-order valence-corrected chi connectivity index (χ3v) is 3.85. The third-order valence-electron chi connectivity index (χ3n) is 3.85. The highest BCUT2D eigenvalue weighted by Crippen LogP contribution is 2.21. The van der Waals surface area contributed by atoms with Crippen LogP contribution in [0.3, 0.4) is 0 Å². The average Bonchev–Trinajstić information content (AvgIpc) is 2.64. The van der Waals surface area contributed by atoms with Gasteiger partial charge < -0.3 is 9.64 Å². The Morgan fingerprint density at radius 1 is 1.35 bits per heavy atom. The molecule has 3 atom stereocenters. The lowest BCUT2D eigenvalue weighted by molar-refractivity contribution is -0.131. The molecule has 1 fully saturated rings. The van der Waals surface area contributed by atoms with Crippen LogP contribution in [0, 0.1) is 11.8 Å². The van der Waals surface area contributed by atoms with Crippen LogP contribution in [0.15, 0.2) is 0 Å². The van der Waals surface area contributed by atoms with Crippen molar-refractivity contribution in [2.45, 2.75) is 65.6 Å². The van der Waals surface area contributed by atoms with Gasteiger partial charge in [0.25, 0.3) is 0 Å². The van der Waals surface area contributed by atoms with E-state index in [1.807, 2.05) is 4.90 Å². The second-order valence-corrected chi connectivity index (χ2v) is 6.56. The molecule has 0 aliphatic carbocycles. The molecule has 1 rings (SSSR count). The van der Waals surface area contributed by atoms with E-state index in [2.05, 4.69) is 33.0 Å². The SMILES string of the molecule is CCCCC1NC(CC(C)C)N(CC(C)COC)C1=O. The summed E-state index contributed by atoms with van der Waals surface area (Å²) in [5, 5.41) is 3.54. The lowest BCUT2D eigenvalue weighted by Crippen LogP contribution is -2.41. The highest BCUT2D eigenvalue weighted by Gasteiger charge is 2.38. The van der Waals surface area contributed by atoms with Crippen LogP contribution in [0.5, 0.6) is 0 Å². The molecule has 0 saturated carbocycles. The van der Waals surface area contributed by atoms with Gasteiger partial charge in [-0.15, -0.1) is 0 Å². The Bertz CT molecular complexity index is 294. The van der Waals surface area contributed by atoms with Gasteiger partial charge in [-0.3, -0.25) is 10.1 Å². The van der Waals surface area contributed by atoms with Crippen LogP contribution in [-0.4, -0.2) is 43.3 Å². The number of carbonyl (C=O) groups is 1. The van der Waals surface area contributed by atoms with E-state index in [0.29, 0.717) is 18.4 Å². The number of hydrogen-bond acceptors (Lipinski definition) is 3. The van der Waals surface area contributed by atoms with Crippen molar-refractivity contribution in [3.8, 4) is 0 Å². The maximum atomic E-state index is 12.6. The number of unbranched alkanes of at least 4 members (excludes halogenated alkanes) is 1. The average molecular weight is 284 g/mol. The van der Waals surface area contributed by atoms with Gasteiger partial charge in [0.1, 0.15) is 0 Å². The Morgan fingerprint density at radius 3 is 2.60 bits per heavy atom. The Balaban J connectivity index is 2.66. The van der Waals surface area contributed by atoms with Crippen molar-refractivity contribution in [2.75, 3.05) is 20.3 Å². The van der Waals surface area contributed by atoms with Crippen molar-refractivity contribution in [1.29, 1.82) is 0 Å².